The monoisotopic (exact) mass is 378 g/mol. The summed E-state index contributed by atoms with van der Waals surface area (Å²) in [4.78, 5) is 7.11. The predicted octanol–water partition coefficient (Wildman–Crippen LogP) is 3.31. The summed E-state index contributed by atoms with van der Waals surface area (Å²) in [7, 11) is 0. The Labute approximate surface area is 162 Å². The van der Waals surface area contributed by atoms with Crippen molar-refractivity contribution in [1.29, 1.82) is 0 Å². The minimum absolute atomic E-state index is 0.0293. The van der Waals surface area contributed by atoms with Crippen molar-refractivity contribution >= 4 is 17.6 Å². The Hall–Kier alpha value is -1.72. The maximum atomic E-state index is 6.00. The normalized spacial score (nSPS) is 17.6. The summed E-state index contributed by atoms with van der Waals surface area (Å²) >= 11 is 6.00. The van der Waals surface area contributed by atoms with Gasteiger partial charge in [0.15, 0.2) is 5.96 Å². The second kappa shape index (κ2) is 11.1. The van der Waals surface area contributed by atoms with Gasteiger partial charge in [-0.2, -0.15) is 0 Å². The molecule has 5 nitrogen and oxygen atoms in total. The molecule has 0 saturated carbocycles. The van der Waals surface area contributed by atoms with Crippen LogP contribution < -0.4 is 15.4 Å². The molecule has 26 heavy (non-hydrogen) atoms. The van der Waals surface area contributed by atoms with Gasteiger partial charge in [-0.15, -0.1) is 6.58 Å². The molecule has 1 atom stereocenters. The molecule has 0 amide bonds. The van der Waals surface area contributed by atoms with Gasteiger partial charge in [-0.25, -0.2) is 4.99 Å². The molecule has 1 aliphatic heterocycles. The number of guanidine groups is 1. The number of piperidine rings is 1. The van der Waals surface area contributed by atoms with Crippen molar-refractivity contribution in [3.05, 3.63) is 41.9 Å². The standard InChI is InChI=1S/C20H31ClN4O/c1-4-11-25-12-9-18(10-13-25)24-20(22-5-2)23-15-16(3)26-19-8-6-7-17(21)14-19/h4,6-8,14,16,18H,1,5,9-13,15H2,2-3H3,(H2,22,23,24). The molecule has 0 radical (unpaired) electrons. The summed E-state index contributed by atoms with van der Waals surface area (Å²) in [5, 5.41) is 7.56. The van der Waals surface area contributed by atoms with E-state index in [1.54, 1.807) is 0 Å². The Morgan fingerprint density at radius 1 is 1.46 bits per heavy atom. The maximum absolute atomic E-state index is 6.00. The van der Waals surface area contributed by atoms with Crippen molar-refractivity contribution in [1.82, 2.24) is 15.5 Å². The second-order valence-electron chi connectivity index (χ2n) is 6.61. The molecule has 0 aliphatic carbocycles. The van der Waals surface area contributed by atoms with E-state index in [0.717, 1.165) is 50.7 Å². The minimum atomic E-state index is -0.0293. The average molecular weight is 379 g/mol. The Balaban J connectivity index is 1.83. The van der Waals surface area contributed by atoms with Gasteiger partial charge in [0.25, 0.3) is 0 Å². The van der Waals surface area contributed by atoms with E-state index in [1.807, 2.05) is 37.3 Å². The summed E-state index contributed by atoms with van der Waals surface area (Å²) in [6, 6.07) is 7.91. The van der Waals surface area contributed by atoms with Crippen LogP contribution in [0.15, 0.2) is 41.9 Å². The molecule has 0 spiro atoms. The van der Waals surface area contributed by atoms with Gasteiger partial charge < -0.3 is 15.4 Å². The van der Waals surface area contributed by atoms with Crippen molar-refractivity contribution in [3.63, 3.8) is 0 Å². The van der Waals surface area contributed by atoms with E-state index in [-0.39, 0.29) is 6.10 Å². The number of nitrogens with one attached hydrogen (secondary N) is 2. The fourth-order valence-corrected chi connectivity index (χ4v) is 3.17. The Morgan fingerprint density at radius 2 is 2.23 bits per heavy atom. The van der Waals surface area contributed by atoms with Crippen molar-refractivity contribution < 1.29 is 4.74 Å². The molecule has 1 aromatic carbocycles. The van der Waals surface area contributed by atoms with Gasteiger partial charge in [0, 0.05) is 37.2 Å². The van der Waals surface area contributed by atoms with Crippen molar-refractivity contribution in [2.45, 2.75) is 38.8 Å². The summed E-state index contributed by atoms with van der Waals surface area (Å²) in [6.07, 6.45) is 4.18. The number of hydrogen-bond acceptors (Lipinski definition) is 3. The third-order valence-electron chi connectivity index (χ3n) is 4.30. The summed E-state index contributed by atoms with van der Waals surface area (Å²) in [5.41, 5.74) is 0. The molecule has 1 unspecified atom stereocenters. The number of aliphatic imine (C=N–C) groups is 1. The zero-order chi connectivity index (χ0) is 18.8. The lowest BCUT2D eigenvalue weighted by Gasteiger charge is -2.32. The van der Waals surface area contributed by atoms with Crippen molar-refractivity contribution in [3.8, 4) is 5.75 Å². The molecule has 6 heteroatoms. The molecule has 144 valence electrons. The van der Waals surface area contributed by atoms with Crippen LogP contribution in [0.4, 0.5) is 0 Å². The first-order valence-corrected chi connectivity index (χ1v) is 9.78. The van der Waals surface area contributed by atoms with Gasteiger partial charge in [0.05, 0.1) is 6.54 Å². The van der Waals surface area contributed by atoms with Gasteiger partial charge in [-0.3, -0.25) is 4.90 Å². The SMILES string of the molecule is C=CCN1CCC(NC(=NCC(C)Oc2cccc(Cl)c2)NCC)CC1. The largest absolute Gasteiger partial charge is 0.489 e. The molecule has 0 bridgehead atoms. The first-order valence-electron chi connectivity index (χ1n) is 9.41. The smallest absolute Gasteiger partial charge is 0.191 e. The molecule has 1 aromatic rings. The lowest BCUT2D eigenvalue weighted by molar-refractivity contribution is 0.223. The lowest BCUT2D eigenvalue weighted by atomic mass is 10.1. The molecule has 1 aliphatic rings. The second-order valence-corrected chi connectivity index (χ2v) is 7.05. The number of hydrogen-bond donors (Lipinski definition) is 2. The van der Waals surface area contributed by atoms with E-state index in [2.05, 4.69) is 34.0 Å². The minimum Gasteiger partial charge on any atom is -0.489 e. The van der Waals surface area contributed by atoms with Gasteiger partial charge in [0.1, 0.15) is 11.9 Å². The fourth-order valence-electron chi connectivity index (χ4n) is 2.99. The highest BCUT2D eigenvalue weighted by Gasteiger charge is 2.19. The molecule has 2 N–H and O–H groups in total. The third-order valence-corrected chi connectivity index (χ3v) is 4.53. The predicted molar refractivity (Wildman–Crippen MR) is 110 cm³/mol. The number of rotatable bonds is 8. The fraction of sp³-hybridized carbons (Fsp3) is 0.550. The zero-order valence-corrected chi connectivity index (χ0v) is 16.6. The Morgan fingerprint density at radius 3 is 2.88 bits per heavy atom. The first-order chi connectivity index (χ1) is 12.6. The number of likely N-dealkylation sites (tertiary alicyclic amines) is 1. The molecule has 2 rings (SSSR count). The number of ether oxygens (including phenoxy) is 1. The van der Waals surface area contributed by atoms with E-state index in [4.69, 9.17) is 16.3 Å². The van der Waals surface area contributed by atoms with Crippen LogP contribution in [0.1, 0.15) is 26.7 Å². The number of benzene rings is 1. The first kappa shape index (κ1) is 20.6. The molecule has 0 aromatic heterocycles. The van der Waals surface area contributed by atoms with Crippen LogP contribution in [0.3, 0.4) is 0 Å². The topological polar surface area (TPSA) is 48.9 Å². The Bertz CT molecular complexity index is 585. The molecule has 1 saturated heterocycles. The van der Waals surface area contributed by atoms with Crippen LogP contribution >= 0.6 is 11.6 Å². The van der Waals surface area contributed by atoms with Crippen molar-refractivity contribution in [2.24, 2.45) is 4.99 Å². The van der Waals surface area contributed by atoms with E-state index < -0.39 is 0 Å². The summed E-state index contributed by atoms with van der Waals surface area (Å²) in [6.45, 7) is 12.5. The Kier molecular flexibility index (Phi) is 8.78. The number of halogens is 1. The maximum Gasteiger partial charge on any atom is 0.191 e. The van der Waals surface area contributed by atoms with E-state index in [0.29, 0.717) is 17.6 Å². The van der Waals surface area contributed by atoms with Crippen LogP contribution in [0, 0.1) is 0 Å². The van der Waals surface area contributed by atoms with E-state index >= 15 is 0 Å². The quantitative estimate of drug-likeness (QED) is 0.414. The van der Waals surface area contributed by atoms with Crippen LogP contribution in [0.25, 0.3) is 0 Å². The van der Waals surface area contributed by atoms with E-state index in [9.17, 15) is 0 Å². The zero-order valence-electron chi connectivity index (χ0n) is 15.9. The highest BCUT2D eigenvalue weighted by Crippen LogP contribution is 2.18. The molecular formula is C20H31ClN4O. The average Bonchev–Trinajstić information content (AvgIpc) is 2.62. The third kappa shape index (κ3) is 7.26. The van der Waals surface area contributed by atoms with Gasteiger partial charge >= 0.3 is 0 Å². The molecular weight excluding hydrogens is 348 g/mol. The van der Waals surface area contributed by atoms with Gasteiger partial charge in [-0.05, 0) is 44.9 Å². The van der Waals surface area contributed by atoms with Crippen LogP contribution in [0.5, 0.6) is 5.75 Å². The summed E-state index contributed by atoms with van der Waals surface area (Å²) < 4.78 is 5.89. The van der Waals surface area contributed by atoms with Crippen LogP contribution in [-0.4, -0.2) is 55.7 Å². The molecule has 1 heterocycles. The lowest BCUT2D eigenvalue weighted by Crippen LogP contribution is -2.48. The van der Waals surface area contributed by atoms with Gasteiger partial charge in [-0.1, -0.05) is 23.7 Å². The van der Waals surface area contributed by atoms with Crippen LogP contribution in [-0.2, 0) is 0 Å². The van der Waals surface area contributed by atoms with Crippen molar-refractivity contribution in [2.75, 3.05) is 32.7 Å². The number of nitrogens with zero attached hydrogens (tertiary/aromatic N) is 2. The van der Waals surface area contributed by atoms with Crippen LogP contribution in [0.2, 0.25) is 5.02 Å². The molecule has 1 fully saturated rings. The summed E-state index contributed by atoms with van der Waals surface area (Å²) in [5.74, 6) is 1.63. The highest BCUT2D eigenvalue weighted by atomic mass is 35.5. The highest BCUT2D eigenvalue weighted by molar-refractivity contribution is 6.30. The van der Waals surface area contributed by atoms with E-state index in [1.165, 1.54) is 0 Å². The van der Waals surface area contributed by atoms with Gasteiger partial charge in [0.2, 0.25) is 0 Å².